The van der Waals surface area contributed by atoms with Gasteiger partial charge in [0.2, 0.25) is 11.2 Å². The van der Waals surface area contributed by atoms with Crippen molar-refractivity contribution in [2.45, 2.75) is 9.79 Å². The van der Waals surface area contributed by atoms with E-state index in [2.05, 4.69) is 25.2 Å². The van der Waals surface area contributed by atoms with Crippen LogP contribution in [-0.2, 0) is 20.2 Å². The molecular weight excluding hydrogens is 573 g/mol. The van der Waals surface area contributed by atoms with Gasteiger partial charge in [-0.25, -0.2) is 9.40 Å². The summed E-state index contributed by atoms with van der Waals surface area (Å²) in [5.74, 6) is -0.712. The number of aromatic hydroxyl groups is 1. The fraction of sp³-hybridized carbons (Fsp3) is 0. The number of halogens is 2. The number of hydrogen-bond acceptors (Lipinski definition) is 12. The van der Waals surface area contributed by atoms with Gasteiger partial charge in [0, 0.05) is 17.8 Å². The number of hydrogen-bond donors (Lipinski definition) is 4. The monoisotopic (exact) mass is 585 g/mol. The first kappa shape index (κ1) is 26.4. The van der Waals surface area contributed by atoms with Gasteiger partial charge in [0.15, 0.2) is 0 Å². The second kappa shape index (κ2) is 9.66. The minimum atomic E-state index is -4.79. The Bertz CT molecular complexity index is 1800. The highest BCUT2D eigenvalue weighted by molar-refractivity contribution is 7.86. The first-order valence-corrected chi connectivity index (χ1v) is 13.2. The summed E-state index contributed by atoms with van der Waals surface area (Å²) >= 11 is 12.0. The van der Waals surface area contributed by atoms with Crippen LogP contribution < -0.4 is 10.2 Å². The van der Waals surface area contributed by atoms with Gasteiger partial charge in [-0.15, -0.1) is 10.2 Å². The molecule has 4 aromatic rings. The smallest absolute Gasteiger partial charge is 0.296 e. The number of rotatable bonds is 6. The van der Waals surface area contributed by atoms with E-state index in [4.69, 9.17) is 29.1 Å². The van der Waals surface area contributed by atoms with Crippen molar-refractivity contribution in [2.75, 3.05) is 10.2 Å². The number of nitrogen functional groups attached to an aromatic ring is 1. The molecule has 0 bridgehead atoms. The van der Waals surface area contributed by atoms with Crippen LogP contribution in [0.4, 0.5) is 28.7 Å². The van der Waals surface area contributed by atoms with E-state index >= 15 is 0 Å². The number of benzene rings is 3. The molecule has 0 spiro atoms. The normalized spacial score (nSPS) is 12.3. The zero-order valence-electron chi connectivity index (χ0n) is 17.9. The minimum Gasteiger partial charge on any atom is -0.507 e. The molecule has 5 N–H and O–H groups in total. The Morgan fingerprint density at radius 2 is 1.68 bits per heavy atom. The van der Waals surface area contributed by atoms with Crippen molar-refractivity contribution in [1.29, 1.82) is 0 Å². The Morgan fingerprint density at radius 3 is 2.32 bits per heavy atom. The highest BCUT2D eigenvalue weighted by atomic mass is 35.5. The number of nitrogens with zero attached hydrogens (tertiary/aromatic N) is 6. The molecule has 1 aromatic heterocycles. The summed E-state index contributed by atoms with van der Waals surface area (Å²) in [7, 11) is -9.42. The number of phenolic OH excluding ortho intramolecular Hbond substituents is 1. The van der Waals surface area contributed by atoms with Crippen molar-refractivity contribution < 1.29 is 31.0 Å². The summed E-state index contributed by atoms with van der Waals surface area (Å²) in [5, 5.41) is 18.2. The zero-order valence-corrected chi connectivity index (χ0v) is 21.1. The molecular formula is C19H13Cl2N7O7S2. The van der Waals surface area contributed by atoms with Gasteiger partial charge in [-0.1, -0.05) is 6.07 Å². The molecule has 0 atom stereocenters. The van der Waals surface area contributed by atoms with E-state index in [1.165, 1.54) is 18.2 Å². The summed E-state index contributed by atoms with van der Waals surface area (Å²) in [4.78, 5) is 10.1. The van der Waals surface area contributed by atoms with E-state index in [0.717, 1.165) is 35.0 Å². The second-order valence-electron chi connectivity index (χ2n) is 7.18. The van der Waals surface area contributed by atoms with Gasteiger partial charge in [0.25, 0.3) is 20.2 Å². The first-order valence-electron chi connectivity index (χ1n) is 9.62. The highest BCUT2D eigenvalue weighted by Crippen LogP contribution is 2.41. The van der Waals surface area contributed by atoms with Gasteiger partial charge >= 0.3 is 0 Å². The number of fused-ring (bicyclic) bond motifs is 1. The average Bonchev–Trinajstić information content (AvgIpc) is 2.81. The summed E-state index contributed by atoms with van der Waals surface area (Å²) < 4.78 is 66.7. The van der Waals surface area contributed by atoms with Crippen LogP contribution in [0.5, 0.6) is 5.75 Å². The molecule has 0 saturated carbocycles. The molecule has 0 aliphatic carbocycles. The number of anilines is 3. The van der Waals surface area contributed by atoms with Gasteiger partial charge in [-0.3, -0.25) is 9.11 Å². The molecule has 4 rings (SSSR count). The van der Waals surface area contributed by atoms with E-state index in [1.807, 2.05) is 0 Å². The topological polar surface area (TPSA) is 222 Å². The third-order valence-corrected chi connectivity index (χ3v) is 7.04. The van der Waals surface area contributed by atoms with Crippen molar-refractivity contribution in [3.8, 4) is 5.75 Å². The second-order valence-corrected chi connectivity index (χ2v) is 10.7. The molecule has 0 saturated heterocycles. The SMILES string of the molecule is Nc1ccc2cc(S(=O)(=O)O)cc(O)c2c1N=Nc1cc(N(Cl)c2ncnc(Cl)n2)ccc1S(=O)(=O)O. The molecule has 0 radical (unpaired) electrons. The number of aromatic nitrogens is 3. The average molecular weight is 586 g/mol. The maximum atomic E-state index is 11.9. The van der Waals surface area contributed by atoms with Crippen LogP contribution in [0.3, 0.4) is 0 Å². The molecule has 0 unspecified atom stereocenters. The lowest BCUT2D eigenvalue weighted by Crippen LogP contribution is -2.08. The van der Waals surface area contributed by atoms with E-state index in [1.54, 1.807) is 0 Å². The molecule has 0 aliphatic heterocycles. The maximum absolute atomic E-state index is 11.9. The minimum absolute atomic E-state index is 0.0190. The van der Waals surface area contributed by atoms with Gasteiger partial charge in [-0.05, 0) is 47.3 Å². The summed E-state index contributed by atoms with van der Waals surface area (Å²) in [5.41, 5.74) is 5.50. The molecule has 0 amide bonds. The van der Waals surface area contributed by atoms with Crippen molar-refractivity contribution in [3.05, 3.63) is 54.1 Å². The van der Waals surface area contributed by atoms with Gasteiger partial charge in [0.05, 0.1) is 21.7 Å². The Balaban J connectivity index is 1.87. The van der Waals surface area contributed by atoms with Gasteiger partial charge < -0.3 is 10.8 Å². The number of phenols is 1. The van der Waals surface area contributed by atoms with Crippen LogP contribution in [0.15, 0.2) is 68.8 Å². The Morgan fingerprint density at radius 1 is 0.946 bits per heavy atom. The number of nitrogens with two attached hydrogens (primary N) is 1. The lowest BCUT2D eigenvalue weighted by Gasteiger charge is -2.14. The zero-order chi connectivity index (χ0) is 27.1. The predicted octanol–water partition coefficient (Wildman–Crippen LogP) is 4.17. The Kier molecular flexibility index (Phi) is 6.89. The fourth-order valence-corrected chi connectivity index (χ4v) is 4.62. The Labute approximate surface area is 218 Å². The van der Waals surface area contributed by atoms with Crippen LogP contribution >= 0.6 is 23.4 Å². The first-order chi connectivity index (χ1) is 17.3. The third kappa shape index (κ3) is 5.53. The highest BCUT2D eigenvalue weighted by Gasteiger charge is 2.21. The maximum Gasteiger partial charge on any atom is 0.296 e. The van der Waals surface area contributed by atoms with Gasteiger partial charge in [0.1, 0.15) is 28.3 Å². The van der Waals surface area contributed by atoms with Crippen LogP contribution in [-0.4, -0.2) is 46.0 Å². The summed E-state index contributed by atoms with van der Waals surface area (Å²) in [6, 6.07) is 7.91. The number of azo groups is 1. The van der Waals surface area contributed by atoms with Crippen LogP contribution in [0.2, 0.25) is 5.28 Å². The van der Waals surface area contributed by atoms with Crippen molar-refractivity contribution >= 4 is 83.1 Å². The van der Waals surface area contributed by atoms with Crippen LogP contribution in [0.1, 0.15) is 0 Å². The van der Waals surface area contributed by atoms with Crippen LogP contribution in [0.25, 0.3) is 10.8 Å². The molecule has 0 aliphatic rings. The van der Waals surface area contributed by atoms with E-state index in [9.17, 15) is 31.0 Å². The fourth-order valence-electron chi connectivity index (χ4n) is 3.18. The summed E-state index contributed by atoms with van der Waals surface area (Å²) in [6.07, 6.45) is 1.09. The quantitative estimate of drug-likeness (QED) is 0.108. The van der Waals surface area contributed by atoms with Crippen LogP contribution in [0, 0.1) is 0 Å². The third-order valence-electron chi connectivity index (χ3n) is 4.78. The van der Waals surface area contributed by atoms with Crippen molar-refractivity contribution in [2.24, 2.45) is 10.2 Å². The van der Waals surface area contributed by atoms with E-state index in [0.29, 0.717) is 0 Å². The predicted molar refractivity (Wildman–Crippen MR) is 133 cm³/mol. The van der Waals surface area contributed by atoms with Crippen molar-refractivity contribution in [1.82, 2.24) is 15.0 Å². The van der Waals surface area contributed by atoms with E-state index < -0.39 is 41.5 Å². The Hall–Kier alpha value is -3.67. The molecule has 1 heterocycles. The molecule has 3 aromatic carbocycles. The molecule has 18 heteroatoms. The lowest BCUT2D eigenvalue weighted by molar-refractivity contribution is 0.471. The standard InChI is InChI=1S/C19H13Cl2N7O7S2/c20-18-23-8-24-19(25-18)28(21)10-2-4-15(37(33,34)35)13(6-10)26-27-17-12(22)3-1-9-5-11(36(30,31)32)7-14(29)16(9)17/h1-8,29H,22H2,(H,30,31,32)(H,33,34,35). The van der Waals surface area contributed by atoms with E-state index in [-0.39, 0.29) is 39.1 Å². The molecule has 37 heavy (non-hydrogen) atoms. The summed E-state index contributed by atoms with van der Waals surface area (Å²) in [6.45, 7) is 0. The lowest BCUT2D eigenvalue weighted by atomic mass is 10.1. The molecule has 0 fully saturated rings. The molecule has 14 nitrogen and oxygen atoms in total. The van der Waals surface area contributed by atoms with Crippen molar-refractivity contribution in [3.63, 3.8) is 0 Å². The largest absolute Gasteiger partial charge is 0.507 e. The molecule has 192 valence electrons. The van der Waals surface area contributed by atoms with Gasteiger partial charge in [-0.2, -0.15) is 26.8 Å².